The van der Waals surface area contributed by atoms with E-state index in [0.29, 0.717) is 12.1 Å². The van der Waals surface area contributed by atoms with Gasteiger partial charge in [0, 0.05) is 31.9 Å². The smallest absolute Gasteiger partial charge is 0.252 e. The van der Waals surface area contributed by atoms with Crippen LogP contribution in [0.4, 0.5) is 5.69 Å². The quantitative estimate of drug-likeness (QED) is 0.781. The fourth-order valence-corrected chi connectivity index (χ4v) is 1.02. The number of carbonyl (C=O) groups is 1. The minimum absolute atomic E-state index is 0.0972. The van der Waals surface area contributed by atoms with Gasteiger partial charge in [-0.15, -0.1) is 0 Å². The van der Waals surface area contributed by atoms with Gasteiger partial charge in [0.1, 0.15) is 0 Å². The maximum atomic E-state index is 10.7. The Morgan fingerprint density at radius 2 is 1.81 bits per heavy atom. The molecule has 90 valence electrons. The Bertz CT molecular complexity index is 310. The molecular formula is C11H17ClN2O2. The number of halogens is 1. The highest BCUT2D eigenvalue weighted by Gasteiger charge is 2.00. The van der Waals surface area contributed by atoms with Crippen LogP contribution >= 0.6 is 11.6 Å². The predicted molar refractivity (Wildman–Crippen MR) is 67.1 cm³/mol. The summed E-state index contributed by atoms with van der Waals surface area (Å²) >= 11 is 5.28. The maximum Gasteiger partial charge on any atom is 0.252 e. The second kappa shape index (κ2) is 8.10. The highest BCUT2D eigenvalue weighted by atomic mass is 35.5. The van der Waals surface area contributed by atoms with Gasteiger partial charge >= 0.3 is 0 Å². The van der Waals surface area contributed by atoms with Gasteiger partial charge in [-0.3, -0.25) is 4.79 Å². The second-order valence-electron chi connectivity index (χ2n) is 3.23. The molecule has 0 bridgehead atoms. The summed E-state index contributed by atoms with van der Waals surface area (Å²) in [4.78, 5) is 12.6. The molecule has 0 aliphatic carbocycles. The van der Waals surface area contributed by atoms with Crippen LogP contribution < -0.4 is 10.6 Å². The van der Waals surface area contributed by atoms with Crippen molar-refractivity contribution in [2.45, 2.75) is 0 Å². The molecule has 16 heavy (non-hydrogen) atoms. The second-order valence-corrected chi connectivity index (χ2v) is 3.57. The van der Waals surface area contributed by atoms with Gasteiger partial charge in [0.05, 0.1) is 6.61 Å². The Balaban J connectivity index is 0.000000487. The lowest BCUT2D eigenvalue weighted by atomic mass is 10.2. The molecule has 0 saturated carbocycles. The summed E-state index contributed by atoms with van der Waals surface area (Å²) in [5.74, 6) is 0. The number of rotatable bonds is 3. The Morgan fingerprint density at radius 1 is 1.38 bits per heavy atom. The van der Waals surface area contributed by atoms with Gasteiger partial charge in [0.15, 0.2) is 0 Å². The Morgan fingerprint density at radius 3 is 2.06 bits per heavy atom. The molecule has 0 aromatic heterocycles. The molecule has 0 atom stereocenters. The topological polar surface area (TPSA) is 66.6 Å². The number of aliphatic hydroxyl groups is 1. The van der Waals surface area contributed by atoms with Gasteiger partial charge in [-0.05, 0) is 35.9 Å². The summed E-state index contributed by atoms with van der Waals surface area (Å²) in [5.41, 5.74) is 6.36. The van der Waals surface area contributed by atoms with Gasteiger partial charge in [-0.2, -0.15) is 0 Å². The van der Waals surface area contributed by atoms with Crippen LogP contribution in [-0.2, 0) is 0 Å². The van der Waals surface area contributed by atoms with E-state index >= 15 is 0 Å². The summed E-state index contributed by atoms with van der Waals surface area (Å²) in [7, 11) is 3.88. The number of nitrogens with two attached hydrogens (primary N) is 1. The van der Waals surface area contributed by atoms with Crippen molar-refractivity contribution in [2.75, 3.05) is 32.1 Å². The first-order chi connectivity index (χ1) is 7.52. The number of anilines is 1. The first-order valence-electron chi connectivity index (χ1n) is 4.81. The Kier molecular flexibility index (Phi) is 7.54. The molecule has 5 heteroatoms. The summed E-state index contributed by atoms with van der Waals surface area (Å²) in [6.45, 7) is 0.472. The third-order valence-corrected chi connectivity index (χ3v) is 1.96. The van der Waals surface area contributed by atoms with E-state index in [0.717, 1.165) is 5.69 Å². The summed E-state index contributed by atoms with van der Waals surface area (Å²) in [6, 6.07) is 7.14. The van der Waals surface area contributed by atoms with Crippen LogP contribution in [0.25, 0.3) is 0 Å². The van der Waals surface area contributed by atoms with Crippen molar-refractivity contribution in [1.29, 1.82) is 0 Å². The fourth-order valence-electron chi connectivity index (χ4n) is 0.891. The lowest BCUT2D eigenvalue weighted by Crippen LogP contribution is -2.08. The van der Waals surface area contributed by atoms with E-state index in [9.17, 15) is 4.79 Å². The molecule has 0 unspecified atom stereocenters. The molecule has 0 aliphatic heterocycles. The summed E-state index contributed by atoms with van der Waals surface area (Å²) in [6.07, 6.45) is 0. The van der Waals surface area contributed by atoms with Crippen LogP contribution in [0.3, 0.4) is 0 Å². The molecule has 1 aromatic carbocycles. The van der Waals surface area contributed by atoms with Crippen molar-refractivity contribution in [2.24, 2.45) is 5.73 Å². The minimum atomic E-state index is -0.416. The van der Waals surface area contributed by atoms with E-state index in [-0.39, 0.29) is 6.61 Å². The minimum Gasteiger partial charge on any atom is -0.395 e. The first-order valence-corrected chi connectivity index (χ1v) is 5.18. The Hall–Kier alpha value is -1.10. The molecule has 0 heterocycles. The lowest BCUT2D eigenvalue weighted by molar-refractivity contribution is 0.108. The number of hydrogen-bond acceptors (Lipinski definition) is 4. The number of benzene rings is 1. The van der Waals surface area contributed by atoms with E-state index in [1.807, 2.05) is 31.1 Å². The van der Waals surface area contributed by atoms with E-state index in [1.54, 1.807) is 12.1 Å². The van der Waals surface area contributed by atoms with Crippen LogP contribution in [0.5, 0.6) is 0 Å². The van der Waals surface area contributed by atoms with Crippen LogP contribution in [-0.4, -0.2) is 37.6 Å². The average molecular weight is 245 g/mol. The Labute approximate surface area is 101 Å². The lowest BCUT2D eigenvalue weighted by Gasteiger charge is -2.11. The van der Waals surface area contributed by atoms with Crippen LogP contribution in [0.1, 0.15) is 10.4 Å². The third kappa shape index (κ3) is 5.70. The molecule has 1 rings (SSSR count). The molecule has 0 fully saturated rings. The van der Waals surface area contributed by atoms with Crippen molar-refractivity contribution in [3.63, 3.8) is 0 Å². The highest BCUT2D eigenvalue weighted by Crippen LogP contribution is 2.13. The van der Waals surface area contributed by atoms with E-state index in [1.165, 1.54) is 0 Å². The highest BCUT2D eigenvalue weighted by molar-refractivity contribution is 6.67. The van der Waals surface area contributed by atoms with E-state index in [2.05, 4.69) is 0 Å². The van der Waals surface area contributed by atoms with Crippen LogP contribution in [0.2, 0.25) is 0 Å². The molecule has 0 amide bonds. The molecule has 0 aliphatic rings. The van der Waals surface area contributed by atoms with E-state index < -0.39 is 5.24 Å². The van der Waals surface area contributed by atoms with Gasteiger partial charge in [0.25, 0.3) is 5.24 Å². The number of carbonyl (C=O) groups excluding carboxylic acids is 1. The third-order valence-electron chi connectivity index (χ3n) is 1.74. The largest absolute Gasteiger partial charge is 0.395 e. The molecule has 1 aromatic rings. The van der Waals surface area contributed by atoms with Crippen LogP contribution in [0, 0.1) is 0 Å². The van der Waals surface area contributed by atoms with Crippen molar-refractivity contribution in [3.05, 3.63) is 29.8 Å². The maximum absolute atomic E-state index is 10.7. The SMILES string of the molecule is CN(C)c1ccc(C(=O)Cl)cc1.NCCO. The fraction of sp³-hybridized carbons (Fsp3) is 0.364. The van der Waals surface area contributed by atoms with Gasteiger partial charge in [0.2, 0.25) is 0 Å². The number of aliphatic hydroxyl groups excluding tert-OH is 1. The van der Waals surface area contributed by atoms with E-state index in [4.69, 9.17) is 22.4 Å². The molecule has 0 spiro atoms. The standard InChI is InChI=1S/C9H10ClNO.C2H7NO/c1-11(2)8-5-3-7(4-6-8)9(10)12;3-1-2-4/h3-6H,1-2H3;4H,1-3H2. The van der Waals surface area contributed by atoms with Crippen molar-refractivity contribution in [1.82, 2.24) is 0 Å². The zero-order valence-corrected chi connectivity index (χ0v) is 10.2. The van der Waals surface area contributed by atoms with Crippen molar-refractivity contribution >= 4 is 22.5 Å². The zero-order chi connectivity index (χ0) is 12.6. The van der Waals surface area contributed by atoms with Crippen LogP contribution in [0.15, 0.2) is 24.3 Å². The number of nitrogens with zero attached hydrogens (tertiary/aromatic N) is 1. The molecule has 4 nitrogen and oxygen atoms in total. The average Bonchev–Trinajstić information content (AvgIpc) is 2.29. The molecule has 0 saturated heterocycles. The monoisotopic (exact) mass is 244 g/mol. The molecule has 0 radical (unpaired) electrons. The van der Waals surface area contributed by atoms with Gasteiger partial charge < -0.3 is 15.7 Å². The van der Waals surface area contributed by atoms with Gasteiger partial charge in [-0.1, -0.05) is 0 Å². The molecular weight excluding hydrogens is 228 g/mol. The summed E-state index contributed by atoms with van der Waals surface area (Å²) < 4.78 is 0. The molecule has 3 N–H and O–H groups in total. The van der Waals surface area contributed by atoms with Crippen molar-refractivity contribution < 1.29 is 9.90 Å². The van der Waals surface area contributed by atoms with Gasteiger partial charge in [-0.25, -0.2) is 0 Å². The first kappa shape index (κ1) is 14.9. The summed E-state index contributed by atoms with van der Waals surface area (Å²) in [5, 5.41) is 7.33. The normalized spacial score (nSPS) is 9.06. The number of hydrogen-bond donors (Lipinski definition) is 2. The van der Waals surface area contributed by atoms with Crippen molar-refractivity contribution in [3.8, 4) is 0 Å². The zero-order valence-electron chi connectivity index (χ0n) is 9.48. The predicted octanol–water partition coefficient (Wildman–Crippen LogP) is 1.07.